The Bertz CT molecular complexity index is 33.9. The van der Waals surface area contributed by atoms with Crippen molar-refractivity contribution in [1.82, 2.24) is 0 Å². The van der Waals surface area contributed by atoms with Crippen molar-refractivity contribution in [1.29, 1.82) is 0 Å². The number of hydrogen-bond donors (Lipinski definition) is 1. The van der Waals surface area contributed by atoms with Gasteiger partial charge in [0.15, 0.2) is 0 Å². The molecule has 58 valence electrons. The van der Waals surface area contributed by atoms with Gasteiger partial charge in [0, 0.05) is 0 Å². The topological polar surface area (TPSA) is 31.5 Å². The van der Waals surface area contributed by atoms with Gasteiger partial charge in [-0.25, -0.2) is 0 Å². The summed E-state index contributed by atoms with van der Waals surface area (Å²) < 4.78 is 0. The van der Waals surface area contributed by atoms with Crippen molar-refractivity contribution in [3.05, 3.63) is 0 Å². The molecule has 0 radical (unpaired) electrons. The van der Waals surface area contributed by atoms with Crippen LogP contribution in [-0.2, 0) is 0 Å². The van der Waals surface area contributed by atoms with Crippen molar-refractivity contribution in [2.75, 3.05) is 5.75 Å². The molecule has 0 fully saturated rings. The lowest BCUT2D eigenvalue weighted by molar-refractivity contribution is 0.660. The van der Waals surface area contributed by atoms with E-state index in [1.54, 1.807) is 0 Å². The van der Waals surface area contributed by atoms with Crippen LogP contribution in [0.15, 0.2) is 0 Å². The Labute approximate surface area is 63.6 Å². The third-order valence-electron chi connectivity index (χ3n) is 1.26. The molecular weight excluding hydrogens is 132 g/mol. The number of hydrogen-bond acceptors (Lipinski definition) is 1. The van der Waals surface area contributed by atoms with E-state index in [0.29, 0.717) is 0 Å². The van der Waals surface area contributed by atoms with Crippen molar-refractivity contribution >= 4 is 12.6 Å². The van der Waals surface area contributed by atoms with Gasteiger partial charge in [-0.2, -0.15) is 12.6 Å². The van der Waals surface area contributed by atoms with E-state index < -0.39 is 0 Å². The van der Waals surface area contributed by atoms with Crippen molar-refractivity contribution in [2.45, 2.75) is 39.0 Å². The van der Waals surface area contributed by atoms with Gasteiger partial charge < -0.3 is 5.48 Å². The van der Waals surface area contributed by atoms with Crippen molar-refractivity contribution in [2.24, 2.45) is 0 Å². The second-order valence-electron chi connectivity index (χ2n) is 2.14. The fourth-order valence-corrected chi connectivity index (χ4v) is 0.939. The molecule has 0 bridgehead atoms. The summed E-state index contributed by atoms with van der Waals surface area (Å²) in [5.41, 5.74) is 0. The average molecular weight is 150 g/mol. The molecule has 0 aromatic rings. The zero-order valence-corrected chi connectivity index (χ0v) is 7.08. The van der Waals surface area contributed by atoms with Crippen LogP contribution in [-0.4, -0.2) is 11.2 Å². The lowest BCUT2D eigenvalue weighted by Gasteiger charge is -1.93. The van der Waals surface area contributed by atoms with Gasteiger partial charge in [0.2, 0.25) is 0 Å². The maximum Gasteiger partial charge on any atom is -0.00979 e. The van der Waals surface area contributed by atoms with Crippen LogP contribution in [0.25, 0.3) is 0 Å². The molecule has 2 heteroatoms. The highest BCUT2D eigenvalue weighted by Crippen LogP contribution is 2.02. The summed E-state index contributed by atoms with van der Waals surface area (Å²) in [6, 6.07) is 0. The monoisotopic (exact) mass is 150 g/mol. The van der Waals surface area contributed by atoms with E-state index in [4.69, 9.17) is 0 Å². The quantitative estimate of drug-likeness (QED) is 0.459. The van der Waals surface area contributed by atoms with Crippen molar-refractivity contribution < 1.29 is 5.48 Å². The average Bonchev–Trinajstić information content (AvgIpc) is 1.81. The lowest BCUT2D eigenvalue weighted by Crippen LogP contribution is -1.76. The normalized spacial score (nSPS) is 8.67. The summed E-state index contributed by atoms with van der Waals surface area (Å²) in [6.45, 7) is 2.24. The van der Waals surface area contributed by atoms with Crippen LogP contribution in [0.2, 0.25) is 0 Å². The van der Waals surface area contributed by atoms with Gasteiger partial charge in [-0.1, -0.05) is 32.6 Å². The summed E-state index contributed by atoms with van der Waals surface area (Å²) >= 11 is 4.12. The summed E-state index contributed by atoms with van der Waals surface area (Å²) in [5.74, 6) is 1.06. The van der Waals surface area contributed by atoms with Crippen LogP contribution in [0, 0.1) is 0 Å². The standard InChI is InChI=1S/C7H16S.H2O/c1-2-3-4-5-6-7-8;/h8H,2-7H2,1H3;1H2. The molecular formula is C7H18OS. The third kappa shape index (κ3) is 11.7. The molecule has 0 amide bonds. The summed E-state index contributed by atoms with van der Waals surface area (Å²) in [6.07, 6.45) is 6.80. The Balaban J connectivity index is 0. The molecule has 1 nitrogen and oxygen atoms in total. The number of unbranched alkanes of at least 4 members (excludes halogenated alkanes) is 4. The first-order valence-electron chi connectivity index (χ1n) is 3.52. The zero-order chi connectivity index (χ0) is 6.24. The van der Waals surface area contributed by atoms with Gasteiger partial charge in [0.25, 0.3) is 0 Å². The fraction of sp³-hybridized carbons (Fsp3) is 1.00. The van der Waals surface area contributed by atoms with E-state index in [1.807, 2.05) is 0 Å². The lowest BCUT2D eigenvalue weighted by atomic mass is 10.2. The summed E-state index contributed by atoms with van der Waals surface area (Å²) in [7, 11) is 0. The molecule has 0 spiro atoms. The number of rotatable bonds is 5. The van der Waals surface area contributed by atoms with E-state index in [0.717, 1.165) is 5.75 Å². The smallest absolute Gasteiger partial charge is 0.00979 e. The second kappa shape index (κ2) is 11.2. The fourth-order valence-electron chi connectivity index (χ4n) is 0.715. The van der Waals surface area contributed by atoms with Crippen LogP contribution in [0.1, 0.15) is 39.0 Å². The van der Waals surface area contributed by atoms with E-state index in [1.165, 1.54) is 32.1 Å². The predicted octanol–water partition coefficient (Wildman–Crippen LogP) is 2.06. The first-order valence-corrected chi connectivity index (χ1v) is 4.16. The highest BCUT2D eigenvalue weighted by Gasteiger charge is 1.83. The van der Waals surface area contributed by atoms with Gasteiger partial charge >= 0.3 is 0 Å². The van der Waals surface area contributed by atoms with E-state index >= 15 is 0 Å². The maximum absolute atomic E-state index is 4.12. The zero-order valence-electron chi connectivity index (χ0n) is 6.19. The molecule has 0 unspecified atom stereocenters. The molecule has 0 heterocycles. The summed E-state index contributed by atoms with van der Waals surface area (Å²) in [5, 5.41) is 0. The van der Waals surface area contributed by atoms with Crippen molar-refractivity contribution in [3.63, 3.8) is 0 Å². The Hall–Kier alpha value is 0.310. The minimum absolute atomic E-state index is 0. The van der Waals surface area contributed by atoms with Gasteiger partial charge in [-0.05, 0) is 12.2 Å². The van der Waals surface area contributed by atoms with Gasteiger partial charge in [-0.3, -0.25) is 0 Å². The molecule has 2 N–H and O–H groups in total. The Morgan fingerprint density at radius 3 is 2.00 bits per heavy atom. The van der Waals surface area contributed by atoms with Crippen LogP contribution in [0.3, 0.4) is 0 Å². The van der Waals surface area contributed by atoms with Crippen LogP contribution < -0.4 is 0 Å². The first-order chi connectivity index (χ1) is 3.91. The van der Waals surface area contributed by atoms with Crippen LogP contribution in [0.4, 0.5) is 0 Å². The number of thiol groups is 1. The maximum atomic E-state index is 4.12. The molecule has 0 aliphatic rings. The molecule has 0 atom stereocenters. The Morgan fingerprint density at radius 2 is 1.56 bits per heavy atom. The van der Waals surface area contributed by atoms with E-state index in [2.05, 4.69) is 19.6 Å². The second-order valence-corrected chi connectivity index (χ2v) is 2.59. The van der Waals surface area contributed by atoms with Crippen molar-refractivity contribution in [3.8, 4) is 0 Å². The molecule has 0 aromatic carbocycles. The first kappa shape index (κ1) is 12.0. The SMILES string of the molecule is CCCCCCCS.O. The van der Waals surface area contributed by atoms with Crippen LogP contribution in [0.5, 0.6) is 0 Å². The molecule has 0 saturated heterocycles. The molecule has 9 heavy (non-hydrogen) atoms. The molecule has 0 saturated carbocycles. The van der Waals surface area contributed by atoms with Crippen LogP contribution >= 0.6 is 12.6 Å². The highest BCUT2D eigenvalue weighted by molar-refractivity contribution is 7.80. The van der Waals surface area contributed by atoms with Gasteiger partial charge in [0.05, 0.1) is 0 Å². The molecule has 0 aromatic heterocycles. The molecule has 0 aliphatic carbocycles. The third-order valence-corrected chi connectivity index (χ3v) is 1.58. The van der Waals surface area contributed by atoms with Gasteiger partial charge in [0.1, 0.15) is 0 Å². The molecule has 0 aliphatic heterocycles. The largest absolute Gasteiger partial charge is 0.412 e. The van der Waals surface area contributed by atoms with E-state index in [9.17, 15) is 0 Å². The molecule has 0 rings (SSSR count). The predicted molar refractivity (Wildman–Crippen MR) is 46.2 cm³/mol. The summed E-state index contributed by atoms with van der Waals surface area (Å²) in [4.78, 5) is 0. The highest BCUT2D eigenvalue weighted by atomic mass is 32.1. The Morgan fingerprint density at radius 1 is 1.00 bits per heavy atom. The minimum Gasteiger partial charge on any atom is -0.412 e. The van der Waals surface area contributed by atoms with Gasteiger partial charge in [-0.15, -0.1) is 0 Å². The minimum atomic E-state index is 0. The van der Waals surface area contributed by atoms with E-state index in [-0.39, 0.29) is 5.48 Å². The Kier molecular flexibility index (Phi) is 14.9.